The van der Waals surface area contributed by atoms with Crippen molar-refractivity contribution in [1.29, 1.82) is 0 Å². The fraction of sp³-hybridized carbons (Fsp3) is 0.133. The van der Waals surface area contributed by atoms with Gasteiger partial charge >= 0.3 is 0 Å². The van der Waals surface area contributed by atoms with E-state index in [1.54, 1.807) is 24.4 Å². The maximum absolute atomic E-state index is 9.86. The number of anilines is 1. The lowest BCUT2D eigenvalue weighted by Crippen LogP contribution is -2.07. The maximum atomic E-state index is 9.86. The highest BCUT2D eigenvalue weighted by Gasteiger charge is 2.14. The van der Waals surface area contributed by atoms with Gasteiger partial charge in [-0.1, -0.05) is 6.07 Å². The molecule has 2 aromatic carbocycles. The summed E-state index contributed by atoms with van der Waals surface area (Å²) in [7, 11) is 0. The van der Waals surface area contributed by atoms with Crippen molar-refractivity contribution in [1.82, 2.24) is 10.2 Å². The van der Waals surface area contributed by atoms with Crippen LogP contribution in [0, 0.1) is 0 Å². The first-order valence-corrected chi connectivity index (χ1v) is 6.35. The molecule has 0 aliphatic heterocycles. The van der Waals surface area contributed by atoms with Crippen LogP contribution < -0.4 is 5.32 Å². The lowest BCUT2D eigenvalue weighted by atomic mass is 10.1. The fourth-order valence-electron chi connectivity index (χ4n) is 2.34. The number of aromatic nitrogens is 2. The van der Waals surface area contributed by atoms with Crippen LogP contribution >= 0.6 is 0 Å². The predicted octanol–water partition coefficient (Wildman–Crippen LogP) is 3.15. The number of benzene rings is 2. The van der Waals surface area contributed by atoms with Gasteiger partial charge < -0.3 is 15.5 Å². The molecule has 0 radical (unpaired) electrons. The van der Waals surface area contributed by atoms with Gasteiger partial charge in [0.2, 0.25) is 0 Å². The molecule has 1 atom stereocenters. The molecule has 1 heterocycles. The Kier molecular flexibility index (Phi) is 2.95. The highest BCUT2D eigenvalue weighted by molar-refractivity contribution is 5.81. The van der Waals surface area contributed by atoms with Crippen molar-refractivity contribution in [3.63, 3.8) is 0 Å². The van der Waals surface area contributed by atoms with Crippen LogP contribution in [-0.2, 0) is 0 Å². The lowest BCUT2D eigenvalue weighted by molar-refractivity contribution is 0.434. The molecule has 5 nitrogen and oxygen atoms in total. The van der Waals surface area contributed by atoms with Crippen LogP contribution in [-0.4, -0.2) is 20.4 Å². The number of nitrogens with one attached hydrogen (secondary N) is 2. The number of phenolic OH excluding ortho intramolecular Hbond substituents is 2. The summed E-state index contributed by atoms with van der Waals surface area (Å²) < 4.78 is 0. The Morgan fingerprint density at radius 2 is 1.90 bits per heavy atom. The Morgan fingerprint density at radius 1 is 1.15 bits per heavy atom. The molecule has 0 saturated carbocycles. The van der Waals surface area contributed by atoms with E-state index in [0.29, 0.717) is 5.56 Å². The van der Waals surface area contributed by atoms with Crippen molar-refractivity contribution in [3.05, 3.63) is 48.2 Å². The van der Waals surface area contributed by atoms with Gasteiger partial charge in [0.05, 0.1) is 23.3 Å². The molecule has 102 valence electrons. The Balaban J connectivity index is 1.90. The van der Waals surface area contributed by atoms with E-state index in [1.165, 1.54) is 0 Å². The van der Waals surface area contributed by atoms with Crippen molar-refractivity contribution in [3.8, 4) is 11.5 Å². The monoisotopic (exact) mass is 269 g/mol. The number of hydrogen-bond donors (Lipinski definition) is 4. The van der Waals surface area contributed by atoms with Crippen LogP contribution in [0.3, 0.4) is 0 Å². The Hall–Kier alpha value is -2.69. The first-order valence-electron chi connectivity index (χ1n) is 6.35. The van der Waals surface area contributed by atoms with Crippen molar-refractivity contribution < 1.29 is 10.2 Å². The van der Waals surface area contributed by atoms with Crippen LogP contribution in [0.5, 0.6) is 11.5 Å². The molecule has 20 heavy (non-hydrogen) atoms. The second-order valence-electron chi connectivity index (χ2n) is 4.75. The smallest absolute Gasteiger partial charge is 0.124 e. The highest BCUT2D eigenvalue weighted by Crippen LogP contribution is 2.34. The maximum Gasteiger partial charge on any atom is 0.124 e. The van der Waals surface area contributed by atoms with Gasteiger partial charge in [-0.2, -0.15) is 5.10 Å². The largest absolute Gasteiger partial charge is 0.507 e. The molecule has 1 unspecified atom stereocenters. The zero-order valence-electron chi connectivity index (χ0n) is 11.0. The molecule has 0 spiro atoms. The van der Waals surface area contributed by atoms with E-state index in [-0.39, 0.29) is 17.5 Å². The van der Waals surface area contributed by atoms with Gasteiger partial charge in [-0.3, -0.25) is 5.10 Å². The normalized spacial score (nSPS) is 12.4. The molecule has 0 amide bonds. The Morgan fingerprint density at radius 3 is 2.65 bits per heavy atom. The topological polar surface area (TPSA) is 81.2 Å². The first-order chi connectivity index (χ1) is 9.65. The number of rotatable bonds is 3. The summed E-state index contributed by atoms with van der Waals surface area (Å²) in [5.74, 6) is 0.156. The second kappa shape index (κ2) is 4.77. The van der Waals surface area contributed by atoms with Crippen molar-refractivity contribution in [2.45, 2.75) is 13.0 Å². The van der Waals surface area contributed by atoms with E-state index in [1.807, 2.05) is 25.1 Å². The molecule has 4 N–H and O–H groups in total. The minimum Gasteiger partial charge on any atom is -0.507 e. The van der Waals surface area contributed by atoms with Crippen molar-refractivity contribution in [2.24, 2.45) is 0 Å². The number of aromatic amines is 1. The van der Waals surface area contributed by atoms with E-state index >= 15 is 0 Å². The average molecular weight is 269 g/mol. The van der Waals surface area contributed by atoms with Crippen molar-refractivity contribution >= 4 is 16.6 Å². The third kappa shape index (κ3) is 2.14. The van der Waals surface area contributed by atoms with Gasteiger partial charge in [0.1, 0.15) is 11.5 Å². The summed E-state index contributed by atoms with van der Waals surface area (Å²) in [6, 6.07) is 10.3. The zero-order valence-corrected chi connectivity index (χ0v) is 11.0. The predicted molar refractivity (Wildman–Crippen MR) is 77.9 cm³/mol. The number of phenols is 2. The van der Waals surface area contributed by atoms with E-state index in [9.17, 15) is 10.2 Å². The van der Waals surface area contributed by atoms with Gasteiger partial charge in [-0.25, -0.2) is 0 Å². The van der Waals surface area contributed by atoms with Crippen LogP contribution in [0.2, 0.25) is 0 Å². The third-order valence-corrected chi connectivity index (χ3v) is 3.32. The molecule has 0 aliphatic rings. The third-order valence-electron chi connectivity index (χ3n) is 3.32. The molecule has 3 rings (SSSR count). The number of nitrogens with zero attached hydrogens (tertiary/aromatic N) is 1. The number of hydrogen-bond acceptors (Lipinski definition) is 4. The van der Waals surface area contributed by atoms with Crippen LogP contribution in [0.25, 0.3) is 10.9 Å². The first kappa shape index (κ1) is 12.3. The number of aromatic hydroxyl groups is 2. The van der Waals surface area contributed by atoms with Gasteiger partial charge in [-0.15, -0.1) is 0 Å². The van der Waals surface area contributed by atoms with Gasteiger partial charge in [0.25, 0.3) is 0 Å². The number of fused-ring (bicyclic) bond motifs is 1. The zero-order chi connectivity index (χ0) is 14.1. The highest BCUT2D eigenvalue weighted by atomic mass is 16.3. The number of H-pyrrole nitrogens is 1. The van der Waals surface area contributed by atoms with Crippen LogP contribution in [0.1, 0.15) is 18.5 Å². The van der Waals surface area contributed by atoms with E-state index < -0.39 is 0 Å². The molecule has 5 heteroatoms. The van der Waals surface area contributed by atoms with E-state index in [2.05, 4.69) is 15.5 Å². The average Bonchev–Trinajstić information content (AvgIpc) is 2.85. The molecular weight excluding hydrogens is 254 g/mol. The molecule has 0 bridgehead atoms. The van der Waals surface area contributed by atoms with Gasteiger partial charge in [0.15, 0.2) is 0 Å². The molecule has 0 aliphatic carbocycles. The Bertz CT molecular complexity index is 731. The van der Waals surface area contributed by atoms with E-state index in [4.69, 9.17) is 0 Å². The SMILES string of the molecule is CC(Nc1ccc2[nH]ncc2c1)c1c(O)cccc1O. The summed E-state index contributed by atoms with van der Waals surface area (Å²) in [5.41, 5.74) is 2.35. The quantitative estimate of drug-likeness (QED) is 0.589. The van der Waals surface area contributed by atoms with Gasteiger partial charge in [-0.05, 0) is 37.3 Å². The Labute approximate surface area is 115 Å². The standard InChI is InChI=1S/C15H15N3O2/c1-9(15-13(19)3-2-4-14(15)20)17-11-5-6-12-10(7-11)8-16-18-12/h2-9,17,19-20H,1H3,(H,16,18). The lowest BCUT2D eigenvalue weighted by Gasteiger charge is -2.18. The summed E-state index contributed by atoms with van der Waals surface area (Å²) in [6.45, 7) is 1.88. The molecule has 3 aromatic rings. The summed E-state index contributed by atoms with van der Waals surface area (Å²) in [4.78, 5) is 0. The van der Waals surface area contributed by atoms with Gasteiger partial charge in [0, 0.05) is 11.1 Å². The minimum atomic E-state index is -0.222. The van der Waals surface area contributed by atoms with Crippen LogP contribution in [0.4, 0.5) is 5.69 Å². The van der Waals surface area contributed by atoms with E-state index in [0.717, 1.165) is 16.6 Å². The summed E-state index contributed by atoms with van der Waals surface area (Å²) >= 11 is 0. The van der Waals surface area contributed by atoms with Crippen LogP contribution in [0.15, 0.2) is 42.6 Å². The minimum absolute atomic E-state index is 0.0781. The second-order valence-corrected chi connectivity index (χ2v) is 4.75. The molecule has 0 fully saturated rings. The molecule has 0 saturated heterocycles. The van der Waals surface area contributed by atoms with Crippen molar-refractivity contribution in [2.75, 3.05) is 5.32 Å². The summed E-state index contributed by atoms with van der Waals surface area (Å²) in [6.07, 6.45) is 1.75. The fourth-order valence-corrected chi connectivity index (χ4v) is 2.34. The molecule has 1 aromatic heterocycles. The molecular formula is C15H15N3O2. The summed E-state index contributed by atoms with van der Waals surface area (Å²) in [5, 5.41) is 30.9.